The van der Waals surface area contributed by atoms with Crippen molar-refractivity contribution < 1.29 is 19.4 Å². The normalized spacial score (nSPS) is 38.0. The second kappa shape index (κ2) is 8.52. The third kappa shape index (κ3) is 4.33. The number of nitrogens with zero attached hydrogens (tertiary/aromatic N) is 1. The van der Waals surface area contributed by atoms with Crippen LogP contribution in [-0.2, 0) is 22.6 Å². The summed E-state index contributed by atoms with van der Waals surface area (Å²) in [7, 11) is 0. The lowest BCUT2D eigenvalue weighted by Crippen LogP contribution is -2.66. The number of hydrogen-bond acceptors (Lipinski definition) is 5. The van der Waals surface area contributed by atoms with E-state index in [1.807, 2.05) is 17.0 Å². The van der Waals surface area contributed by atoms with Crippen LogP contribution < -0.4 is 10.6 Å². The van der Waals surface area contributed by atoms with Gasteiger partial charge in [0.15, 0.2) is 0 Å². The summed E-state index contributed by atoms with van der Waals surface area (Å²) in [4.78, 5) is 27.9. The zero-order valence-corrected chi connectivity index (χ0v) is 19.9. The first-order valence-electron chi connectivity index (χ1n) is 13.2. The Morgan fingerprint density at radius 3 is 2.29 bits per heavy atom. The largest absolute Gasteiger partial charge is 0.443 e. The molecule has 5 saturated carbocycles. The quantitative estimate of drug-likeness (QED) is 0.619. The third-order valence-corrected chi connectivity index (χ3v) is 9.14. The van der Waals surface area contributed by atoms with Gasteiger partial charge in [0.2, 0.25) is 5.91 Å². The number of aliphatic hydroxyl groups excluding tert-OH is 1. The van der Waals surface area contributed by atoms with E-state index < -0.39 is 5.60 Å². The molecule has 5 fully saturated rings. The van der Waals surface area contributed by atoms with Crippen molar-refractivity contribution in [2.24, 2.45) is 11.8 Å². The highest BCUT2D eigenvalue weighted by atomic mass is 16.6. The average molecular weight is 468 g/mol. The summed E-state index contributed by atoms with van der Waals surface area (Å²) in [5.41, 5.74) is 1.97. The van der Waals surface area contributed by atoms with Crippen LogP contribution in [0.5, 0.6) is 0 Å². The molecule has 3 N–H and O–H groups in total. The van der Waals surface area contributed by atoms with Gasteiger partial charge in [-0.05, 0) is 80.8 Å². The Labute approximate surface area is 201 Å². The van der Waals surface area contributed by atoms with E-state index in [1.54, 1.807) is 0 Å². The van der Waals surface area contributed by atoms with E-state index in [0.717, 1.165) is 57.8 Å². The maximum Gasteiger partial charge on any atom is 0.407 e. The molecule has 2 atom stereocenters. The van der Waals surface area contributed by atoms with Crippen LogP contribution >= 0.6 is 0 Å². The molecule has 184 valence electrons. The van der Waals surface area contributed by atoms with Crippen LogP contribution in [0.3, 0.4) is 0 Å². The summed E-state index contributed by atoms with van der Waals surface area (Å²) in [5, 5.41) is 16.5. The van der Waals surface area contributed by atoms with Crippen LogP contribution in [-0.4, -0.2) is 51.8 Å². The van der Waals surface area contributed by atoms with Gasteiger partial charge in [-0.25, -0.2) is 4.79 Å². The van der Waals surface area contributed by atoms with Gasteiger partial charge in [0, 0.05) is 31.1 Å². The Morgan fingerprint density at radius 1 is 1.00 bits per heavy atom. The predicted octanol–water partition coefficient (Wildman–Crippen LogP) is 3.24. The molecule has 5 aliphatic carbocycles. The van der Waals surface area contributed by atoms with Crippen molar-refractivity contribution in [3.63, 3.8) is 0 Å². The first-order chi connectivity index (χ1) is 16.4. The molecule has 1 heterocycles. The van der Waals surface area contributed by atoms with E-state index in [1.165, 1.54) is 17.5 Å². The Hall–Kier alpha value is -2.12. The van der Waals surface area contributed by atoms with Gasteiger partial charge in [-0.3, -0.25) is 4.79 Å². The van der Waals surface area contributed by atoms with Gasteiger partial charge < -0.3 is 25.4 Å². The highest BCUT2D eigenvalue weighted by Gasteiger charge is 2.59. The number of carbonyl (C=O) groups is 2. The van der Waals surface area contributed by atoms with Crippen molar-refractivity contribution in [3.8, 4) is 0 Å². The minimum Gasteiger partial charge on any atom is -0.443 e. The zero-order chi connectivity index (χ0) is 23.3. The number of hydrogen-bond donors (Lipinski definition) is 3. The monoisotopic (exact) mass is 467 g/mol. The number of aliphatic hydroxyl groups is 1. The molecule has 6 aliphatic rings. The highest BCUT2D eigenvalue weighted by molar-refractivity contribution is 5.79. The summed E-state index contributed by atoms with van der Waals surface area (Å²) in [6.07, 6.45) is 8.61. The standard InChI is InChI=1S/C27H37N3O4/c31-23-7-5-22(6-8-23)29-25(33)34-27-12-18-9-19(13-27)11-26(10-18,17-27)28-14-24(32)30-15-20-3-1-2-4-21(20)16-30/h1-4,18-19,22-23,28,31H,5-17H2,(H,29,33)/t18?,19?,22-,23-,26?,27?. The number of benzene rings is 1. The summed E-state index contributed by atoms with van der Waals surface area (Å²) in [6.45, 7) is 1.74. The van der Waals surface area contributed by atoms with Crippen molar-refractivity contribution in [1.29, 1.82) is 0 Å². The van der Waals surface area contributed by atoms with Crippen molar-refractivity contribution in [2.45, 2.75) is 101 Å². The molecular weight excluding hydrogens is 430 g/mol. The molecule has 4 bridgehead atoms. The maximum atomic E-state index is 13.1. The van der Waals surface area contributed by atoms with E-state index in [0.29, 0.717) is 31.5 Å². The van der Waals surface area contributed by atoms with E-state index in [9.17, 15) is 14.7 Å². The fourth-order valence-corrected chi connectivity index (χ4v) is 8.00. The summed E-state index contributed by atoms with van der Waals surface area (Å²) < 4.78 is 6.21. The lowest BCUT2D eigenvalue weighted by molar-refractivity contribution is -0.148. The Balaban J connectivity index is 1.07. The minimum atomic E-state index is -0.414. The van der Waals surface area contributed by atoms with Gasteiger partial charge in [0.05, 0.1) is 12.6 Å². The molecule has 1 aromatic carbocycles. The van der Waals surface area contributed by atoms with Gasteiger partial charge in [-0.15, -0.1) is 0 Å². The van der Waals surface area contributed by atoms with Gasteiger partial charge in [-0.2, -0.15) is 0 Å². The molecule has 0 spiro atoms. The Bertz CT molecular complexity index is 918. The van der Waals surface area contributed by atoms with Gasteiger partial charge in [0.1, 0.15) is 5.60 Å². The lowest BCUT2D eigenvalue weighted by atomic mass is 9.51. The molecule has 2 unspecified atom stereocenters. The fourth-order valence-electron chi connectivity index (χ4n) is 8.00. The van der Waals surface area contributed by atoms with Gasteiger partial charge in [0.25, 0.3) is 0 Å². The van der Waals surface area contributed by atoms with Crippen molar-refractivity contribution in [2.75, 3.05) is 6.54 Å². The molecule has 7 heteroatoms. The van der Waals surface area contributed by atoms with Crippen molar-refractivity contribution >= 4 is 12.0 Å². The maximum absolute atomic E-state index is 13.1. The molecule has 2 amide bonds. The van der Waals surface area contributed by atoms with Gasteiger partial charge >= 0.3 is 6.09 Å². The topological polar surface area (TPSA) is 90.9 Å². The molecule has 7 nitrogen and oxygen atoms in total. The number of carbonyl (C=O) groups excluding carboxylic acids is 2. The minimum absolute atomic E-state index is 0.0964. The fraction of sp³-hybridized carbons (Fsp3) is 0.704. The smallest absolute Gasteiger partial charge is 0.407 e. The number of ether oxygens (including phenoxy) is 1. The molecule has 34 heavy (non-hydrogen) atoms. The Kier molecular flexibility index (Phi) is 5.60. The van der Waals surface area contributed by atoms with Gasteiger partial charge in [-0.1, -0.05) is 24.3 Å². The molecule has 1 aromatic rings. The number of rotatable bonds is 5. The van der Waals surface area contributed by atoms with Crippen LogP contribution in [0.15, 0.2) is 24.3 Å². The summed E-state index contributed by atoms with van der Waals surface area (Å²) >= 11 is 0. The molecule has 7 rings (SSSR count). The first kappa shape index (κ1) is 22.4. The SMILES string of the molecule is O=C(N[C@H]1CC[C@H](O)CC1)OC12CC3CC(CC(NCC(=O)N4Cc5ccccc5C4)(C3)C1)C2. The predicted molar refractivity (Wildman–Crippen MR) is 127 cm³/mol. The summed E-state index contributed by atoms with van der Waals surface area (Å²) in [5.74, 6) is 1.26. The lowest BCUT2D eigenvalue weighted by Gasteiger charge is -2.61. The second-order valence-electron chi connectivity index (χ2n) is 11.8. The van der Waals surface area contributed by atoms with Crippen LogP contribution in [0.25, 0.3) is 0 Å². The molecular formula is C27H37N3O4. The van der Waals surface area contributed by atoms with Crippen LogP contribution in [0.4, 0.5) is 4.79 Å². The molecule has 0 aromatic heterocycles. The Morgan fingerprint density at radius 2 is 1.65 bits per heavy atom. The molecule has 0 saturated heterocycles. The van der Waals surface area contributed by atoms with E-state index in [-0.39, 0.29) is 29.7 Å². The zero-order valence-electron chi connectivity index (χ0n) is 19.9. The second-order valence-corrected chi connectivity index (χ2v) is 11.8. The number of fused-ring (bicyclic) bond motifs is 1. The molecule has 1 aliphatic heterocycles. The average Bonchev–Trinajstić information content (AvgIpc) is 3.22. The van der Waals surface area contributed by atoms with Crippen LogP contribution in [0.2, 0.25) is 0 Å². The van der Waals surface area contributed by atoms with Crippen LogP contribution in [0, 0.1) is 11.8 Å². The van der Waals surface area contributed by atoms with E-state index >= 15 is 0 Å². The van der Waals surface area contributed by atoms with Crippen molar-refractivity contribution in [3.05, 3.63) is 35.4 Å². The number of alkyl carbamates (subject to hydrolysis) is 1. The van der Waals surface area contributed by atoms with Crippen molar-refractivity contribution in [1.82, 2.24) is 15.5 Å². The first-order valence-corrected chi connectivity index (χ1v) is 13.2. The molecule has 0 radical (unpaired) electrons. The number of nitrogens with one attached hydrogen (secondary N) is 2. The number of amides is 2. The highest BCUT2D eigenvalue weighted by Crippen LogP contribution is 2.59. The summed E-state index contributed by atoms with van der Waals surface area (Å²) in [6, 6.07) is 8.38. The van der Waals surface area contributed by atoms with Crippen LogP contribution in [0.1, 0.15) is 75.3 Å². The van der Waals surface area contributed by atoms with E-state index in [4.69, 9.17) is 4.74 Å². The van der Waals surface area contributed by atoms with E-state index in [2.05, 4.69) is 22.8 Å². The third-order valence-electron chi connectivity index (χ3n) is 9.14.